The van der Waals surface area contributed by atoms with E-state index in [-0.39, 0.29) is 36.2 Å². The number of rotatable bonds is 5. The second-order valence-electron chi connectivity index (χ2n) is 9.67. The Labute approximate surface area is 184 Å². The number of carbonyl (C=O) groups excluding carboxylic acids is 3. The van der Waals surface area contributed by atoms with Crippen LogP contribution in [0, 0.1) is 11.3 Å². The highest BCUT2D eigenvalue weighted by Gasteiger charge is 2.38. The summed E-state index contributed by atoms with van der Waals surface area (Å²) in [6.07, 6.45) is 3.01. The topological polar surface area (TPSA) is 99.9 Å². The number of amides is 3. The molecule has 31 heavy (non-hydrogen) atoms. The fraction of sp³-hybridized carbons (Fsp3) is 0.773. The van der Waals surface area contributed by atoms with E-state index in [1.54, 1.807) is 4.90 Å². The average molecular weight is 434 g/mol. The quantitative estimate of drug-likeness (QED) is 0.703. The summed E-state index contributed by atoms with van der Waals surface area (Å²) < 4.78 is 5.15. The first-order chi connectivity index (χ1) is 14.6. The van der Waals surface area contributed by atoms with Crippen molar-refractivity contribution in [2.45, 2.75) is 72.9 Å². The Morgan fingerprint density at radius 1 is 1.13 bits per heavy atom. The molecule has 1 aromatic heterocycles. The first kappa shape index (κ1) is 23.2. The molecule has 2 fully saturated rings. The number of aryl methyl sites for hydroxylation is 1. The molecule has 0 radical (unpaired) electrons. The second kappa shape index (κ2) is 9.36. The molecule has 0 saturated carbocycles. The first-order valence-corrected chi connectivity index (χ1v) is 11.3. The predicted octanol–water partition coefficient (Wildman–Crippen LogP) is 1.87. The summed E-state index contributed by atoms with van der Waals surface area (Å²) in [6, 6.07) is -0.0686. The van der Waals surface area contributed by atoms with E-state index in [1.165, 1.54) is 6.92 Å². The molecule has 1 aromatic rings. The molecule has 2 saturated heterocycles. The number of nitrogens with zero attached hydrogens (tertiary/aromatic N) is 5. The van der Waals surface area contributed by atoms with Crippen LogP contribution in [-0.4, -0.2) is 74.8 Å². The molecule has 3 heterocycles. The van der Waals surface area contributed by atoms with E-state index in [0.29, 0.717) is 44.3 Å². The lowest BCUT2D eigenvalue weighted by atomic mass is 9.90. The molecule has 0 aliphatic carbocycles. The Morgan fingerprint density at radius 3 is 2.48 bits per heavy atom. The Balaban J connectivity index is 1.61. The van der Waals surface area contributed by atoms with E-state index in [1.807, 2.05) is 37.5 Å². The van der Waals surface area contributed by atoms with E-state index in [4.69, 9.17) is 4.52 Å². The third-order valence-electron chi connectivity index (χ3n) is 6.14. The van der Waals surface area contributed by atoms with Gasteiger partial charge in [0.1, 0.15) is 0 Å². The minimum Gasteiger partial charge on any atom is -0.341 e. The van der Waals surface area contributed by atoms with Crippen molar-refractivity contribution in [1.29, 1.82) is 0 Å². The van der Waals surface area contributed by atoms with Gasteiger partial charge in [-0.2, -0.15) is 4.98 Å². The van der Waals surface area contributed by atoms with Crippen LogP contribution in [0.15, 0.2) is 4.52 Å². The van der Waals surface area contributed by atoms with Gasteiger partial charge < -0.3 is 19.2 Å². The van der Waals surface area contributed by atoms with Crippen LogP contribution in [0.1, 0.15) is 65.6 Å². The summed E-state index contributed by atoms with van der Waals surface area (Å²) in [6.45, 7) is 11.8. The largest absolute Gasteiger partial charge is 0.341 e. The van der Waals surface area contributed by atoms with Crippen LogP contribution >= 0.6 is 0 Å². The molecule has 9 heteroatoms. The lowest BCUT2D eigenvalue weighted by molar-refractivity contribution is -0.145. The predicted molar refractivity (Wildman–Crippen MR) is 114 cm³/mol. The van der Waals surface area contributed by atoms with Gasteiger partial charge in [-0.1, -0.05) is 32.9 Å². The standard InChI is InChI=1S/C22H35N5O4/c1-6-19-23-18(24-31-19)14-27(15(2)28)17-9-11-25(13-17)20(29)16-8-7-10-26(12-16)21(30)22(3,4)5/h16-17H,6-14H2,1-5H3/t16-,17-/m0/s1. The molecule has 2 aliphatic rings. The van der Waals surface area contributed by atoms with Crippen LogP contribution in [0.5, 0.6) is 0 Å². The lowest BCUT2D eigenvalue weighted by Gasteiger charge is -2.37. The second-order valence-corrected chi connectivity index (χ2v) is 9.67. The Morgan fingerprint density at radius 2 is 1.87 bits per heavy atom. The average Bonchev–Trinajstić information content (AvgIpc) is 3.39. The fourth-order valence-corrected chi connectivity index (χ4v) is 4.44. The number of hydrogen-bond donors (Lipinski definition) is 0. The highest BCUT2D eigenvalue weighted by Crippen LogP contribution is 2.27. The van der Waals surface area contributed by atoms with Gasteiger partial charge in [-0.3, -0.25) is 14.4 Å². The van der Waals surface area contributed by atoms with E-state index in [2.05, 4.69) is 10.1 Å². The summed E-state index contributed by atoms with van der Waals surface area (Å²) in [5.74, 6) is 0.980. The summed E-state index contributed by atoms with van der Waals surface area (Å²) in [7, 11) is 0. The number of carbonyl (C=O) groups is 3. The zero-order chi connectivity index (χ0) is 22.8. The minimum atomic E-state index is -0.446. The van der Waals surface area contributed by atoms with Gasteiger partial charge >= 0.3 is 0 Å². The maximum absolute atomic E-state index is 13.2. The molecule has 2 atom stereocenters. The van der Waals surface area contributed by atoms with E-state index in [9.17, 15) is 14.4 Å². The molecule has 3 amide bonds. The van der Waals surface area contributed by atoms with Crippen molar-refractivity contribution in [2.75, 3.05) is 26.2 Å². The van der Waals surface area contributed by atoms with Gasteiger partial charge in [0.15, 0.2) is 5.82 Å². The van der Waals surface area contributed by atoms with E-state index < -0.39 is 5.41 Å². The number of likely N-dealkylation sites (tertiary alicyclic amines) is 2. The van der Waals surface area contributed by atoms with Crippen molar-refractivity contribution in [3.63, 3.8) is 0 Å². The molecule has 3 rings (SSSR count). The van der Waals surface area contributed by atoms with Crippen molar-refractivity contribution in [3.05, 3.63) is 11.7 Å². The zero-order valence-electron chi connectivity index (χ0n) is 19.4. The molecule has 0 unspecified atom stereocenters. The molecule has 0 spiro atoms. The highest BCUT2D eigenvalue weighted by atomic mass is 16.5. The third-order valence-corrected chi connectivity index (χ3v) is 6.14. The monoisotopic (exact) mass is 433 g/mol. The first-order valence-electron chi connectivity index (χ1n) is 11.3. The van der Waals surface area contributed by atoms with Crippen LogP contribution in [0.2, 0.25) is 0 Å². The molecule has 0 N–H and O–H groups in total. The van der Waals surface area contributed by atoms with E-state index >= 15 is 0 Å². The van der Waals surface area contributed by atoms with Crippen molar-refractivity contribution < 1.29 is 18.9 Å². The molecular weight excluding hydrogens is 398 g/mol. The minimum absolute atomic E-state index is 0.0678. The lowest BCUT2D eigenvalue weighted by Crippen LogP contribution is -2.49. The van der Waals surface area contributed by atoms with Gasteiger partial charge in [0.05, 0.1) is 18.5 Å². The van der Waals surface area contributed by atoms with Gasteiger partial charge in [-0.25, -0.2) is 0 Å². The highest BCUT2D eigenvalue weighted by molar-refractivity contribution is 5.84. The zero-order valence-corrected chi connectivity index (χ0v) is 19.4. The maximum Gasteiger partial charge on any atom is 0.227 e. The van der Waals surface area contributed by atoms with Crippen molar-refractivity contribution in [2.24, 2.45) is 11.3 Å². The summed E-state index contributed by atoms with van der Waals surface area (Å²) in [5, 5.41) is 3.95. The number of aromatic nitrogens is 2. The van der Waals surface area contributed by atoms with Crippen LogP contribution in [0.4, 0.5) is 0 Å². The number of hydrogen-bond acceptors (Lipinski definition) is 6. The van der Waals surface area contributed by atoms with Crippen molar-refractivity contribution >= 4 is 17.7 Å². The molecule has 9 nitrogen and oxygen atoms in total. The molecule has 0 aromatic carbocycles. The van der Waals surface area contributed by atoms with Crippen LogP contribution in [-0.2, 0) is 27.3 Å². The van der Waals surface area contributed by atoms with Crippen molar-refractivity contribution in [3.8, 4) is 0 Å². The Hall–Kier alpha value is -2.45. The van der Waals surface area contributed by atoms with Crippen molar-refractivity contribution in [1.82, 2.24) is 24.8 Å². The SMILES string of the molecule is CCc1nc(CN(C(C)=O)[C@H]2CCN(C(=O)[C@H]3CCCN(C(=O)C(C)(C)C)C3)C2)no1. The molecule has 0 bridgehead atoms. The molecule has 172 valence electrons. The Kier molecular flexibility index (Phi) is 7.01. The van der Waals surface area contributed by atoms with Gasteiger partial charge in [0.2, 0.25) is 23.6 Å². The van der Waals surface area contributed by atoms with Gasteiger partial charge in [0.25, 0.3) is 0 Å². The van der Waals surface area contributed by atoms with Gasteiger partial charge in [-0.05, 0) is 19.3 Å². The fourth-order valence-electron chi connectivity index (χ4n) is 4.44. The normalized spacial score (nSPS) is 22.0. The maximum atomic E-state index is 13.2. The van der Waals surface area contributed by atoms with Crippen LogP contribution < -0.4 is 0 Å². The molecule has 2 aliphatic heterocycles. The summed E-state index contributed by atoms with van der Waals surface area (Å²) >= 11 is 0. The smallest absolute Gasteiger partial charge is 0.227 e. The summed E-state index contributed by atoms with van der Waals surface area (Å²) in [4.78, 5) is 47.9. The van der Waals surface area contributed by atoms with Gasteiger partial charge in [0, 0.05) is 44.9 Å². The Bertz CT molecular complexity index is 815. The van der Waals surface area contributed by atoms with E-state index in [0.717, 1.165) is 19.3 Å². The van der Waals surface area contributed by atoms with Crippen LogP contribution in [0.25, 0.3) is 0 Å². The van der Waals surface area contributed by atoms with Crippen LogP contribution in [0.3, 0.4) is 0 Å². The summed E-state index contributed by atoms with van der Waals surface area (Å²) in [5.41, 5.74) is -0.446. The van der Waals surface area contributed by atoms with Gasteiger partial charge in [-0.15, -0.1) is 0 Å². The third kappa shape index (κ3) is 5.43. The molecular formula is C22H35N5O4. The number of piperidine rings is 1.